The highest BCUT2D eigenvalue weighted by Gasteiger charge is 2.20. The summed E-state index contributed by atoms with van der Waals surface area (Å²) >= 11 is 1.59. The number of likely N-dealkylation sites (tertiary alicyclic amines) is 1. The molecular formula is C25H29N3O4S. The molecule has 2 amide bonds. The van der Waals surface area contributed by atoms with E-state index in [1.165, 1.54) is 6.42 Å². The molecule has 3 aromatic rings. The fraction of sp³-hybridized carbons (Fsp3) is 0.400. The van der Waals surface area contributed by atoms with Crippen LogP contribution < -0.4 is 9.47 Å². The molecule has 4 rings (SSSR count). The predicted octanol–water partition coefficient (Wildman–Crippen LogP) is 4.36. The molecule has 7 nitrogen and oxygen atoms in total. The van der Waals surface area contributed by atoms with Crippen LogP contribution in [0, 0.1) is 0 Å². The van der Waals surface area contributed by atoms with Crippen LogP contribution in [0.25, 0.3) is 10.2 Å². The lowest BCUT2D eigenvalue weighted by Gasteiger charge is -2.26. The van der Waals surface area contributed by atoms with Crippen molar-refractivity contribution in [2.75, 3.05) is 33.4 Å². The van der Waals surface area contributed by atoms with E-state index in [2.05, 4.69) is 4.98 Å². The van der Waals surface area contributed by atoms with Gasteiger partial charge in [0.05, 0.1) is 23.4 Å². The molecule has 33 heavy (non-hydrogen) atoms. The molecule has 1 aliphatic rings. The second kappa shape index (κ2) is 10.7. The largest absolute Gasteiger partial charge is 0.490 e. The SMILES string of the molecule is CCOc1cc(C(=O)N(C)Cc2nc3ccccc3s2)ccc1OCC(=O)N1CCCCC1. The van der Waals surface area contributed by atoms with Crippen molar-refractivity contribution in [3.8, 4) is 11.5 Å². The van der Waals surface area contributed by atoms with Gasteiger partial charge in [-0.15, -0.1) is 11.3 Å². The van der Waals surface area contributed by atoms with Crippen LogP contribution in [-0.2, 0) is 11.3 Å². The highest BCUT2D eigenvalue weighted by molar-refractivity contribution is 7.18. The van der Waals surface area contributed by atoms with Crippen LogP contribution in [0.15, 0.2) is 42.5 Å². The average Bonchev–Trinajstić information content (AvgIpc) is 3.25. The lowest BCUT2D eigenvalue weighted by molar-refractivity contribution is -0.134. The van der Waals surface area contributed by atoms with Crippen molar-refractivity contribution in [3.63, 3.8) is 0 Å². The maximum atomic E-state index is 13.1. The maximum Gasteiger partial charge on any atom is 0.260 e. The molecule has 2 heterocycles. The van der Waals surface area contributed by atoms with Gasteiger partial charge in [0.15, 0.2) is 18.1 Å². The molecule has 1 saturated heterocycles. The summed E-state index contributed by atoms with van der Waals surface area (Å²) in [4.78, 5) is 33.6. The van der Waals surface area contributed by atoms with Crippen molar-refractivity contribution in [3.05, 3.63) is 53.0 Å². The van der Waals surface area contributed by atoms with Crippen LogP contribution in [0.3, 0.4) is 0 Å². The third-order valence-electron chi connectivity index (χ3n) is 5.61. The normalized spacial score (nSPS) is 13.7. The lowest BCUT2D eigenvalue weighted by Crippen LogP contribution is -2.38. The van der Waals surface area contributed by atoms with Crippen molar-refractivity contribution in [2.45, 2.75) is 32.7 Å². The Morgan fingerprint density at radius 3 is 2.61 bits per heavy atom. The van der Waals surface area contributed by atoms with E-state index >= 15 is 0 Å². The molecular weight excluding hydrogens is 438 g/mol. The van der Waals surface area contributed by atoms with E-state index in [1.807, 2.05) is 36.1 Å². The Kier molecular flexibility index (Phi) is 7.44. The topological polar surface area (TPSA) is 72.0 Å². The van der Waals surface area contributed by atoms with Crippen LogP contribution in [0.2, 0.25) is 0 Å². The van der Waals surface area contributed by atoms with Gasteiger partial charge >= 0.3 is 0 Å². The zero-order valence-corrected chi connectivity index (χ0v) is 19.9. The molecule has 0 N–H and O–H groups in total. The highest BCUT2D eigenvalue weighted by Crippen LogP contribution is 2.30. The van der Waals surface area contributed by atoms with Crippen molar-refractivity contribution < 1.29 is 19.1 Å². The summed E-state index contributed by atoms with van der Waals surface area (Å²) in [7, 11) is 1.76. The van der Waals surface area contributed by atoms with Crippen LogP contribution in [0.4, 0.5) is 0 Å². The summed E-state index contributed by atoms with van der Waals surface area (Å²) in [6.45, 7) is 4.26. The van der Waals surface area contributed by atoms with E-state index in [-0.39, 0.29) is 18.4 Å². The number of para-hydroxylation sites is 1. The van der Waals surface area contributed by atoms with E-state index in [0.717, 1.165) is 41.2 Å². The monoisotopic (exact) mass is 467 g/mol. The molecule has 0 spiro atoms. The van der Waals surface area contributed by atoms with Crippen LogP contribution in [-0.4, -0.2) is 59.9 Å². The zero-order chi connectivity index (χ0) is 23.2. The minimum absolute atomic E-state index is 0.0205. The molecule has 2 aromatic carbocycles. The number of thiazole rings is 1. The Balaban J connectivity index is 1.42. The summed E-state index contributed by atoms with van der Waals surface area (Å²) in [5.41, 5.74) is 1.44. The first-order valence-corrected chi connectivity index (χ1v) is 12.1. The summed E-state index contributed by atoms with van der Waals surface area (Å²) in [6, 6.07) is 13.0. The Hall–Kier alpha value is -3.13. The van der Waals surface area contributed by atoms with Gasteiger partial charge in [0.2, 0.25) is 0 Å². The number of carbonyl (C=O) groups is 2. The Labute approximate surface area is 197 Å². The fourth-order valence-electron chi connectivity index (χ4n) is 3.89. The van der Waals surface area contributed by atoms with Gasteiger partial charge in [-0.05, 0) is 56.5 Å². The third kappa shape index (κ3) is 5.63. The van der Waals surface area contributed by atoms with Gasteiger partial charge in [-0.1, -0.05) is 12.1 Å². The smallest absolute Gasteiger partial charge is 0.260 e. The number of hydrogen-bond donors (Lipinski definition) is 0. The molecule has 1 fully saturated rings. The standard InChI is InChI=1S/C25H29N3O4S/c1-3-31-21-15-18(11-12-20(21)32-17-24(29)28-13-7-4-8-14-28)25(30)27(2)16-23-26-19-9-5-6-10-22(19)33-23/h5-6,9-12,15H,3-4,7-8,13-14,16-17H2,1-2H3. The quantitative estimate of drug-likeness (QED) is 0.492. The van der Waals surface area contributed by atoms with Gasteiger partial charge in [-0.2, -0.15) is 0 Å². The minimum atomic E-state index is -0.133. The van der Waals surface area contributed by atoms with Gasteiger partial charge in [0.25, 0.3) is 11.8 Å². The number of amides is 2. The van der Waals surface area contributed by atoms with Crippen molar-refractivity contribution in [1.29, 1.82) is 0 Å². The predicted molar refractivity (Wildman–Crippen MR) is 129 cm³/mol. The van der Waals surface area contributed by atoms with E-state index in [9.17, 15) is 9.59 Å². The van der Waals surface area contributed by atoms with Gasteiger partial charge in [0, 0.05) is 25.7 Å². The lowest BCUT2D eigenvalue weighted by atomic mass is 10.1. The van der Waals surface area contributed by atoms with E-state index in [1.54, 1.807) is 41.5 Å². The third-order valence-corrected chi connectivity index (χ3v) is 6.63. The Bertz CT molecular complexity index is 1090. The fourth-order valence-corrected chi connectivity index (χ4v) is 4.91. The molecule has 0 bridgehead atoms. The number of aromatic nitrogens is 1. The van der Waals surface area contributed by atoms with Crippen LogP contribution in [0.5, 0.6) is 11.5 Å². The number of piperidine rings is 1. The number of benzene rings is 2. The summed E-state index contributed by atoms with van der Waals surface area (Å²) in [5, 5.41) is 0.883. The van der Waals surface area contributed by atoms with E-state index < -0.39 is 0 Å². The molecule has 0 saturated carbocycles. The number of nitrogens with zero attached hydrogens (tertiary/aromatic N) is 3. The van der Waals surface area contributed by atoms with E-state index in [0.29, 0.717) is 30.2 Å². The van der Waals surface area contributed by atoms with Crippen LogP contribution in [0.1, 0.15) is 41.6 Å². The molecule has 174 valence electrons. The molecule has 1 aliphatic heterocycles. The van der Waals surface area contributed by atoms with Gasteiger partial charge < -0.3 is 19.3 Å². The molecule has 0 atom stereocenters. The summed E-state index contributed by atoms with van der Waals surface area (Å²) in [6.07, 6.45) is 3.25. The number of carbonyl (C=O) groups excluding carboxylic acids is 2. The summed E-state index contributed by atoms with van der Waals surface area (Å²) in [5.74, 6) is 0.773. The zero-order valence-electron chi connectivity index (χ0n) is 19.1. The Morgan fingerprint density at radius 1 is 1.06 bits per heavy atom. The van der Waals surface area contributed by atoms with Crippen molar-refractivity contribution in [2.24, 2.45) is 0 Å². The first-order chi connectivity index (χ1) is 16.0. The number of fused-ring (bicyclic) bond motifs is 1. The number of rotatable bonds is 8. The van der Waals surface area contributed by atoms with Gasteiger partial charge in [-0.3, -0.25) is 9.59 Å². The second-order valence-corrected chi connectivity index (χ2v) is 9.18. The number of hydrogen-bond acceptors (Lipinski definition) is 6. The van der Waals surface area contributed by atoms with Crippen LogP contribution >= 0.6 is 11.3 Å². The Morgan fingerprint density at radius 2 is 1.85 bits per heavy atom. The van der Waals surface area contributed by atoms with Crippen molar-refractivity contribution in [1.82, 2.24) is 14.8 Å². The maximum absolute atomic E-state index is 13.1. The highest BCUT2D eigenvalue weighted by atomic mass is 32.1. The van der Waals surface area contributed by atoms with E-state index in [4.69, 9.17) is 9.47 Å². The molecule has 0 radical (unpaired) electrons. The molecule has 1 aromatic heterocycles. The second-order valence-electron chi connectivity index (χ2n) is 8.06. The van der Waals surface area contributed by atoms with Gasteiger partial charge in [0.1, 0.15) is 5.01 Å². The molecule has 0 unspecified atom stereocenters. The first kappa shape index (κ1) is 23.0. The number of ether oxygens (including phenoxy) is 2. The summed E-state index contributed by atoms with van der Waals surface area (Å²) < 4.78 is 12.6. The van der Waals surface area contributed by atoms with Gasteiger partial charge in [-0.25, -0.2) is 4.98 Å². The first-order valence-electron chi connectivity index (χ1n) is 11.3. The molecule has 8 heteroatoms. The minimum Gasteiger partial charge on any atom is -0.490 e. The average molecular weight is 468 g/mol. The van der Waals surface area contributed by atoms with Crippen molar-refractivity contribution >= 4 is 33.4 Å². The molecule has 0 aliphatic carbocycles.